The number of aryl methyl sites for hydroxylation is 2. The molecule has 0 aromatic carbocycles. The van der Waals surface area contributed by atoms with Crippen LogP contribution in [0.3, 0.4) is 0 Å². The van der Waals surface area contributed by atoms with Crippen molar-refractivity contribution in [3.8, 4) is 0 Å². The minimum absolute atomic E-state index is 0.0539. The van der Waals surface area contributed by atoms with Gasteiger partial charge in [-0.3, -0.25) is 4.79 Å². The van der Waals surface area contributed by atoms with E-state index in [-0.39, 0.29) is 22.5 Å². The summed E-state index contributed by atoms with van der Waals surface area (Å²) in [7, 11) is 3.06. The summed E-state index contributed by atoms with van der Waals surface area (Å²) in [5.74, 6) is -3.11. The zero-order valence-electron chi connectivity index (χ0n) is 10.8. The van der Waals surface area contributed by atoms with Crippen LogP contribution in [0, 0.1) is 0 Å². The van der Waals surface area contributed by atoms with E-state index in [0.717, 1.165) is 0 Å². The quantitative estimate of drug-likeness (QED) is 0.811. The highest BCUT2D eigenvalue weighted by Crippen LogP contribution is 2.19. The summed E-state index contributed by atoms with van der Waals surface area (Å²) >= 11 is 0. The number of carboxylic acids is 2. The topological polar surface area (TPSA) is 102 Å². The molecule has 0 unspecified atom stereocenters. The summed E-state index contributed by atoms with van der Waals surface area (Å²) in [4.78, 5) is 34.7. The fourth-order valence-electron chi connectivity index (χ4n) is 2.08. The summed E-state index contributed by atoms with van der Waals surface area (Å²) in [6.07, 6.45) is 2.89. The van der Waals surface area contributed by atoms with Crippen molar-refractivity contribution in [3.63, 3.8) is 0 Å². The maximum absolute atomic E-state index is 12.5. The Kier molecular flexibility index (Phi) is 3.19. The van der Waals surface area contributed by atoms with Crippen LogP contribution in [0.25, 0.3) is 0 Å². The number of carboxylic acid groups (broad SMARTS) is 2. The Hall–Kier alpha value is -2.83. The van der Waals surface area contributed by atoms with E-state index in [9.17, 15) is 14.4 Å². The smallest absolute Gasteiger partial charge is 0.338 e. The van der Waals surface area contributed by atoms with Crippen LogP contribution in [0.4, 0.5) is 0 Å². The molecule has 0 saturated carbocycles. The summed E-state index contributed by atoms with van der Waals surface area (Å²) in [6, 6.07) is 2.61. The Balaban J connectivity index is 2.64. The lowest BCUT2D eigenvalue weighted by Crippen LogP contribution is -2.18. The summed E-state index contributed by atoms with van der Waals surface area (Å²) in [6.45, 7) is 0. The van der Waals surface area contributed by atoms with Crippen LogP contribution in [0.5, 0.6) is 0 Å². The molecule has 2 N–H and O–H groups in total. The molecule has 0 aliphatic heterocycles. The van der Waals surface area contributed by atoms with Crippen molar-refractivity contribution in [2.45, 2.75) is 0 Å². The van der Waals surface area contributed by atoms with Gasteiger partial charge in [-0.15, -0.1) is 0 Å². The van der Waals surface area contributed by atoms with Crippen molar-refractivity contribution in [2.24, 2.45) is 14.1 Å². The molecular weight excluding hydrogens is 264 g/mol. The van der Waals surface area contributed by atoms with E-state index in [1.165, 1.54) is 47.8 Å². The highest BCUT2D eigenvalue weighted by molar-refractivity contribution is 6.16. The average molecular weight is 276 g/mol. The minimum Gasteiger partial charge on any atom is -0.478 e. The third-order valence-electron chi connectivity index (χ3n) is 3.04. The van der Waals surface area contributed by atoms with E-state index >= 15 is 0 Å². The maximum atomic E-state index is 12.5. The molecule has 2 aromatic rings. The molecule has 0 saturated heterocycles. The van der Waals surface area contributed by atoms with E-state index in [0.29, 0.717) is 0 Å². The van der Waals surface area contributed by atoms with Crippen LogP contribution in [-0.2, 0) is 14.1 Å². The highest BCUT2D eigenvalue weighted by Gasteiger charge is 2.27. The minimum atomic E-state index is -1.24. The van der Waals surface area contributed by atoms with Crippen LogP contribution in [0.1, 0.15) is 36.9 Å². The van der Waals surface area contributed by atoms with Gasteiger partial charge in [0.25, 0.3) is 0 Å². The SMILES string of the molecule is Cn1ccc(C(=O)O)c1C(=O)c1c(C(=O)O)ccn1C. The molecule has 0 aliphatic carbocycles. The van der Waals surface area contributed by atoms with Gasteiger partial charge in [-0.1, -0.05) is 0 Å². The van der Waals surface area contributed by atoms with Gasteiger partial charge in [0.15, 0.2) is 0 Å². The molecule has 20 heavy (non-hydrogen) atoms. The predicted octanol–water partition coefficient (Wildman–Crippen LogP) is 0.991. The number of carbonyl (C=O) groups excluding carboxylic acids is 1. The van der Waals surface area contributed by atoms with Crippen LogP contribution in [-0.4, -0.2) is 37.1 Å². The van der Waals surface area contributed by atoms with Gasteiger partial charge in [-0.25, -0.2) is 9.59 Å². The molecule has 0 amide bonds. The summed E-state index contributed by atoms with van der Waals surface area (Å²) in [5, 5.41) is 18.2. The molecule has 7 nitrogen and oxygen atoms in total. The Morgan fingerprint density at radius 3 is 1.50 bits per heavy atom. The first-order valence-electron chi connectivity index (χ1n) is 5.66. The lowest BCUT2D eigenvalue weighted by Gasteiger charge is -2.07. The second-order valence-corrected chi connectivity index (χ2v) is 4.32. The molecular formula is C13H12N2O5. The van der Waals surface area contributed by atoms with Gasteiger partial charge in [-0.05, 0) is 12.1 Å². The summed E-state index contributed by atoms with van der Waals surface area (Å²) in [5.41, 5.74) is -0.423. The predicted molar refractivity (Wildman–Crippen MR) is 68.2 cm³/mol. The number of aromatic carboxylic acids is 2. The van der Waals surface area contributed by atoms with Crippen molar-refractivity contribution < 1.29 is 24.6 Å². The number of carbonyl (C=O) groups is 3. The zero-order valence-corrected chi connectivity index (χ0v) is 10.8. The second-order valence-electron chi connectivity index (χ2n) is 4.32. The van der Waals surface area contributed by atoms with Gasteiger partial charge in [-0.2, -0.15) is 0 Å². The van der Waals surface area contributed by atoms with Crippen molar-refractivity contribution in [1.82, 2.24) is 9.13 Å². The zero-order chi connectivity index (χ0) is 15.0. The molecule has 104 valence electrons. The Labute approximate surface area is 113 Å². The molecule has 0 spiro atoms. The Morgan fingerprint density at radius 1 is 0.850 bits per heavy atom. The van der Waals surface area contributed by atoms with Gasteiger partial charge >= 0.3 is 11.9 Å². The number of ketones is 1. The van der Waals surface area contributed by atoms with Crippen molar-refractivity contribution in [3.05, 3.63) is 47.0 Å². The standard InChI is InChI=1S/C13H12N2O5/c1-14-5-3-7(12(17)18)9(14)11(16)10-8(13(19)20)4-6-15(10)2/h3-6H,1-2H3,(H,17,18)(H,19,20). The van der Waals surface area contributed by atoms with Gasteiger partial charge in [0.1, 0.15) is 11.4 Å². The van der Waals surface area contributed by atoms with Gasteiger partial charge in [0, 0.05) is 26.5 Å². The number of nitrogens with zero attached hydrogens (tertiary/aromatic N) is 2. The molecule has 0 fully saturated rings. The van der Waals surface area contributed by atoms with E-state index < -0.39 is 17.7 Å². The first-order valence-corrected chi connectivity index (χ1v) is 5.66. The first kappa shape index (κ1) is 13.6. The van der Waals surface area contributed by atoms with Gasteiger partial charge in [0.2, 0.25) is 5.78 Å². The fraction of sp³-hybridized carbons (Fsp3) is 0.154. The van der Waals surface area contributed by atoms with E-state index in [1.54, 1.807) is 0 Å². The Morgan fingerprint density at radius 2 is 1.20 bits per heavy atom. The van der Waals surface area contributed by atoms with Crippen molar-refractivity contribution >= 4 is 17.7 Å². The van der Waals surface area contributed by atoms with Crippen LogP contribution < -0.4 is 0 Å². The van der Waals surface area contributed by atoms with E-state index in [1.807, 2.05) is 0 Å². The molecule has 0 radical (unpaired) electrons. The molecule has 0 bridgehead atoms. The molecule has 2 heterocycles. The van der Waals surface area contributed by atoms with Gasteiger partial charge < -0.3 is 19.3 Å². The average Bonchev–Trinajstić information content (AvgIpc) is 2.91. The lowest BCUT2D eigenvalue weighted by molar-refractivity contribution is 0.0686. The van der Waals surface area contributed by atoms with E-state index in [2.05, 4.69) is 0 Å². The van der Waals surface area contributed by atoms with Crippen LogP contribution >= 0.6 is 0 Å². The highest BCUT2D eigenvalue weighted by atomic mass is 16.4. The largest absolute Gasteiger partial charge is 0.478 e. The lowest BCUT2D eigenvalue weighted by atomic mass is 10.1. The van der Waals surface area contributed by atoms with Gasteiger partial charge in [0.05, 0.1) is 11.1 Å². The van der Waals surface area contributed by atoms with Crippen LogP contribution in [0.2, 0.25) is 0 Å². The normalized spacial score (nSPS) is 10.5. The molecule has 2 rings (SSSR count). The third kappa shape index (κ3) is 1.99. The second kappa shape index (κ2) is 4.69. The maximum Gasteiger partial charge on any atom is 0.338 e. The molecule has 0 atom stereocenters. The number of rotatable bonds is 4. The molecule has 2 aromatic heterocycles. The molecule has 7 heteroatoms. The van der Waals surface area contributed by atoms with E-state index in [4.69, 9.17) is 10.2 Å². The third-order valence-corrected chi connectivity index (χ3v) is 3.04. The first-order chi connectivity index (χ1) is 9.34. The fourth-order valence-corrected chi connectivity index (χ4v) is 2.08. The molecule has 0 aliphatic rings. The summed E-state index contributed by atoms with van der Waals surface area (Å²) < 4.78 is 2.73. The van der Waals surface area contributed by atoms with Crippen molar-refractivity contribution in [1.29, 1.82) is 0 Å². The van der Waals surface area contributed by atoms with Crippen molar-refractivity contribution in [2.75, 3.05) is 0 Å². The number of aromatic nitrogens is 2. The number of hydrogen-bond donors (Lipinski definition) is 2. The number of hydrogen-bond acceptors (Lipinski definition) is 3. The Bertz CT molecular complexity index is 663. The monoisotopic (exact) mass is 276 g/mol. The van der Waals surface area contributed by atoms with Crippen LogP contribution in [0.15, 0.2) is 24.5 Å².